The number of ether oxygens (including phenoxy) is 2. The molecule has 1 aliphatic heterocycles. The molecule has 14 heavy (non-hydrogen) atoms. The number of hydrogen-bond acceptors (Lipinski definition) is 4. The third-order valence-electron chi connectivity index (χ3n) is 2.33. The number of Topliss-reactive ketones (excluding diaryl/α,β-unsaturated/α-hetero) is 1. The van der Waals surface area contributed by atoms with Crippen LogP contribution in [0.2, 0.25) is 0 Å². The van der Waals surface area contributed by atoms with Gasteiger partial charge in [0.05, 0.1) is 5.92 Å². The minimum atomic E-state index is -0.637. The molecule has 0 unspecified atom stereocenters. The third-order valence-corrected chi connectivity index (χ3v) is 2.33. The lowest BCUT2D eigenvalue weighted by molar-refractivity contribution is -0.160. The lowest BCUT2D eigenvalue weighted by Crippen LogP contribution is -2.37. The van der Waals surface area contributed by atoms with Gasteiger partial charge in [0, 0.05) is 7.11 Å². The second kappa shape index (κ2) is 4.25. The summed E-state index contributed by atoms with van der Waals surface area (Å²) >= 11 is 0. The monoisotopic (exact) mass is 195 g/mol. The van der Waals surface area contributed by atoms with E-state index in [-0.39, 0.29) is 23.4 Å². The lowest BCUT2D eigenvalue weighted by Gasteiger charge is -2.31. The van der Waals surface area contributed by atoms with Crippen molar-refractivity contribution in [3.8, 4) is 6.07 Å². The Kier molecular flexibility index (Phi) is 3.26. The second-order valence-electron chi connectivity index (χ2n) is 3.36. The molecule has 0 aromatic heterocycles. The molecule has 0 amide bonds. The van der Waals surface area contributed by atoms with Crippen LogP contribution in [0.15, 0.2) is 11.8 Å². The van der Waals surface area contributed by atoms with Gasteiger partial charge in [0.1, 0.15) is 11.9 Å². The Morgan fingerprint density at radius 1 is 1.71 bits per heavy atom. The van der Waals surface area contributed by atoms with Gasteiger partial charge in [0.25, 0.3) is 0 Å². The number of carbonyl (C=O) groups excluding carboxylic acids is 1. The Hall–Kier alpha value is -1.34. The van der Waals surface area contributed by atoms with E-state index < -0.39 is 6.29 Å². The van der Waals surface area contributed by atoms with Crippen molar-refractivity contribution < 1.29 is 14.3 Å². The quantitative estimate of drug-likeness (QED) is 0.665. The highest BCUT2D eigenvalue weighted by molar-refractivity contribution is 5.79. The molecule has 76 valence electrons. The Morgan fingerprint density at radius 3 is 2.79 bits per heavy atom. The maximum Gasteiger partial charge on any atom is 0.210 e. The molecule has 1 rings (SSSR count). The molecule has 1 heterocycles. The van der Waals surface area contributed by atoms with Crippen LogP contribution in [0.5, 0.6) is 0 Å². The Bertz CT molecular complexity index is 303. The van der Waals surface area contributed by atoms with Gasteiger partial charge in [0.2, 0.25) is 6.29 Å². The predicted molar refractivity (Wildman–Crippen MR) is 48.9 cm³/mol. The molecular formula is C10H13NO3. The number of nitriles is 1. The molecule has 4 heteroatoms. The van der Waals surface area contributed by atoms with Gasteiger partial charge in [-0.25, -0.2) is 0 Å². The van der Waals surface area contributed by atoms with Crippen LogP contribution >= 0.6 is 0 Å². The number of ketones is 1. The summed E-state index contributed by atoms with van der Waals surface area (Å²) in [5, 5.41) is 8.66. The molecule has 4 nitrogen and oxygen atoms in total. The number of nitrogens with zero attached hydrogens (tertiary/aromatic N) is 1. The van der Waals surface area contributed by atoms with Gasteiger partial charge in [-0.1, -0.05) is 6.92 Å². The maximum absolute atomic E-state index is 11.3. The van der Waals surface area contributed by atoms with Crippen LogP contribution < -0.4 is 0 Å². The molecule has 0 spiro atoms. The zero-order valence-corrected chi connectivity index (χ0v) is 8.48. The standard InChI is InChI=1S/C10H13NO3/c1-6-4-8(5-11)14-10(13-3)9(6)7(2)12/h4,6,9-10H,1-3H3/t6-,9+,10-/m1/s1. The van der Waals surface area contributed by atoms with E-state index in [0.29, 0.717) is 0 Å². The summed E-state index contributed by atoms with van der Waals surface area (Å²) in [6, 6.07) is 1.91. The van der Waals surface area contributed by atoms with Gasteiger partial charge in [-0.05, 0) is 18.9 Å². The molecule has 0 aliphatic carbocycles. The van der Waals surface area contributed by atoms with E-state index in [1.54, 1.807) is 6.08 Å². The highest BCUT2D eigenvalue weighted by atomic mass is 16.7. The lowest BCUT2D eigenvalue weighted by atomic mass is 9.88. The zero-order valence-electron chi connectivity index (χ0n) is 8.48. The van der Waals surface area contributed by atoms with Gasteiger partial charge in [-0.15, -0.1) is 0 Å². The first kappa shape index (κ1) is 10.7. The first-order chi connectivity index (χ1) is 6.60. The molecule has 0 bridgehead atoms. The third kappa shape index (κ3) is 1.94. The molecule has 0 aromatic rings. The van der Waals surface area contributed by atoms with Crippen molar-refractivity contribution in [3.63, 3.8) is 0 Å². The van der Waals surface area contributed by atoms with Crippen molar-refractivity contribution >= 4 is 5.78 Å². The Labute approximate surface area is 83.1 Å². The fourth-order valence-electron chi connectivity index (χ4n) is 1.65. The Balaban J connectivity index is 2.93. The Morgan fingerprint density at radius 2 is 2.36 bits per heavy atom. The van der Waals surface area contributed by atoms with Gasteiger partial charge in [-0.2, -0.15) is 5.26 Å². The number of allylic oxidation sites excluding steroid dienone is 2. The van der Waals surface area contributed by atoms with Crippen molar-refractivity contribution in [3.05, 3.63) is 11.8 Å². The molecule has 0 radical (unpaired) electrons. The van der Waals surface area contributed by atoms with E-state index in [0.717, 1.165) is 0 Å². The van der Waals surface area contributed by atoms with Crippen LogP contribution in [0.3, 0.4) is 0 Å². The highest BCUT2D eigenvalue weighted by Gasteiger charge is 2.35. The van der Waals surface area contributed by atoms with E-state index in [1.807, 2.05) is 13.0 Å². The van der Waals surface area contributed by atoms with Gasteiger partial charge in [-0.3, -0.25) is 4.79 Å². The first-order valence-corrected chi connectivity index (χ1v) is 4.42. The van der Waals surface area contributed by atoms with Gasteiger partial charge >= 0.3 is 0 Å². The van der Waals surface area contributed by atoms with Crippen molar-refractivity contribution in [2.24, 2.45) is 11.8 Å². The molecular weight excluding hydrogens is 182 g/mol. The zero-order chi connectivity index (χ0) is 10.7. The summed E-state index contributed by atoms with van der Waals surface area (Å²) in [4.78, 5) is 11.3. The summed E-state index contributed by atoms with van der Waals surface area (Å²) in [6.45, 7) is 3.37. The number of carbonyl (C=O) groups is 1. The van der Waals surface area contributed by atoms with Crippen molar-refractivity contribution in [1.82, 2.24) is 0 Å². The number of hydrogen-bond donors (Lipinski definition) is 0. The maximum atomic E-state index is 11.3. The molecule has 3 atom stereocenters. The summed E-state index contributed by atoms with van der Waals surface area (Å²) in [5.74, 6) is -0.114. The normalized spacial score (nSPS) is 31.3. The van der Waals surface area contributed by atoms with E-state index in [1.165, 1.54) is 14.0 Å². The van der Waals surface area contributed by atoms with Crippen LogP contribution in [0.1, 0.15) is 13.8 Å². The van der Waals surface area contributed by atoms with E-state index in [9.17, 15) is 4.79 Å². The summed E-state index contributed by atoms with van der Waals surface area (Å²) in [5.41, 5.74) is 0. The van der Waals surface area contributed by atoms with Crippen LogP contribution in [0.25, 0.3) is 0 Å². The van der Waals surface area contributed by atoms with Crippen LogP contribution in [-0.2, 0) is 14.3 Å². The summed E-state index contributed by atoms with van der Waals surface area (Å²) in [7, 11) is 1.47. The molecule has 0 saturated carbocycles. The fourth-order valence-corrected chi connectivity index (χ4v) is 1.65. The largest absolute Gasteiger partial charge is 0.454 e. The van der Waals surface area contributed by atoms with Crippen molar-refractivity contribution in [2.45, 2.75) is 20.1 Å². The SMILES string of the molecule is CO[C@@H]1OC(C#N)=C[C@@H](C)[C@H]1C(C)=O. The van der Waals surface area contributed by atoms with E-state index in [4.69, 9.17) is 14.7 Å². The van der Waals surface area contributed by atoms with Gasteiger partial charge in [0.15, 0.2) is 5.76 Å². The van der Waals surface area contributed by atoms with Crippen molar-refractivity contribution in [2.75, 3.05) is 7.11 Å². The summed E-state index contributed by atoms with van der Waals surface area (Å²) in [6.07, 6.45) is 1.02. The smallest absolute Gasteiger partial charge is 0.210 e. The fraction of sp³-hybridized carbons (Fsp3) is 0.600. The van der Waals surface area contributed by atoms with E-state index in [2.05, 4.69) is 0 Å². The van der Waals surface area contributed by atoms with Crippen LogP contribution in [0.4, 0.5) is 0 Å². The minimum Gasteiger partial charge on any atom is -0.454 e. The van der Waals surface area contributed by atoms with Crippen molar-refractivity contribution in [1.29, 1.82) is 5.26 Å². The first-order valence-electron chi connectivity index (χ1n) is 4.42. The average Bonchev–Trinajstić information content (AvgIpc) is 2.15. The molecule has 0 saturated heterocycles. The highest BCUT2D eigenvalue weighted by Crippen LogP contribution is 2.28. The molecule has 0 aromatic carbocycles. The molecule has 0 fully saturated rings. The van der Waals surface area contributed by atoms with Crippen LogP contribution in [0, 0.1) is 23.2 Å². The van der Waals surface area contributed by atoms with Gasteiger partial charge < -0.3 is 9.47 Å². The van der Waals surface area contributed by atoms with E-state index >= 15 is 0 Å². The number of rotatable bonds is 2. The van der Waals surface area contributed by atoms with Crippen LogP contribution in [-0.4, -0.2) is 19.2 Å². The minimum absolute atomic E-state index is 0.0117. The molecule has 0 N–H and O–H groups in total. The average molecular weight is 195 g/mol. The predicted octanol–water partition coefficient (Wildman–Crippen LogP) is 1.24. The molecule has 1 aliphatic rings. The second-order valence-corrected chi connectivity index (χ2v) is 3.36. The summed E-state index contributed by atoms with van der Waals surface area (Å²) < 4.78 is 10.2. The topological polar surface area (TPSA) is 59.3 Å². The number of methoxy groups -OCH3 is 1.